The summed E-state index contributed by atoms with van der Waals surface area (Å²) in [5, 5.41) is 9.50. The van der Waals surface area contributed by atoms with Crippen molar-refractivity contribution in [2.45, 2.75) is 23.0 Å². The zero-order chi connectivity index (χ0) is 14.2. The molecule has 2 rings (SSSR count). The molecule has 0 aromatic heterocycles. The molecule has 0 radical (unpaired) electrons. The summed E-state index contributed by atoms with van der Waals surface area (Å²) in [6.07, 6.45) is 1.15. The fraction of sp³-hybridized carbons (Fsp3) is 0.235. The molecule has 1 atom stereocenters. The molecule has 0 heterocycles. The average molecular weight is 286 g/mol. The van der Waals surface area contributed by atoms with Gasteiger partial charge in [-0.3, -0.25) is 4.79 Å². The molecule has 2 aromatic carbocycles. The fourth-order valence-electron chi connectivity index (χ4n) is 1.94. The van der Waals surface area contributed by atoms with Crippen LogP contribution in [0.3, 0.4) is 0 Å². The van der Waals surface area contributed by atoms with Crippen molar-refractivity contribution in [2.75, 3.05) is 6.61 Å². The van der Waals surface area contributed by atoms with Gasteiger partial charge in [-0.2, -0.15) is 0 Å². The predicted molar refractivity (Wildman–Crippen MR) is 83.2 cm³/mol. The van der Waals surface area contributed by atoms with Crippen molar-refractivity contribution < 1.29 is 9.90 Å². The van der Waals surface area contributed by atoms with Crippen LogP contribution in [-0.2, 0) is 0 Å². The number of aliphatic hydroxyl groups excluding tert-OH is 1. The number of hydrogen-bond donors (Lipinski definition) is 1. The maximum atomic E-state index is 12.0. The molecule has 1 N–H and O–H groups in total. The van der Waals surface area contributed by atoms with E-state index in [4.69, 9.17) is 0 Å². The van der Waals surface area contributed by atoms with Crippen LogP contribution < -0.4 is 0 Å². The number of carbonyl (C=O) groups excluding carboxylic acids is 1. The Morgan fingerprint density at radius 3 is 2.20 bits per heavy atom. The van der Waals surface area contributed by atoms with Crippen LogP contribution in [0.15, 0.2) is 65.6 Å². The van der Waals surface area contributed by atoms with Gasteiger partial charge in [0.25, 0.3) is 0 Å². The largest absolute Gasteiger partial charge is 0.395 e. The van der Waals surface area contributed by atoms with Crippen LogP contribution in [0, 0.1) is 0 Å². The number of aliphatic hydroxyl groups is 1. The molecule has 20 heavy (non-hydrogen) atoms. The van der Waals surface area contributed by atoms with Crippen molar-refractivity contribution in [1.29, 1.82) is 0 Å². The lowest BCUT2D eigenvalue weighted by molar-refractivity contribution is 0.0978. The zero-order valence-corrected chi connectivity index (χ0v) is 12.1. The Hall–Kier alpha value is -1.58. The quantitative estimate of drug-likeness (QED) is 0.621. The van der Waals surface area contributed by atoms with Crippen molar-refractivity contribution in [2.24, 2.45) is 0 Å². The number of rotatable bonds is 7. The molecule has 0 aliphatic rings. The van der Waals surface area contributed by atoms with Crippen molar-refractivity contribution in [3.05, 3.63) is 66.2 Å². The van der Waals surface area contributed by atoms with Gasteiger partial charge in [0.05, 0.1) is 6.61 Å². The highest BCUT2D eigenvalue weighted by Gasteiger charge is 2.13. The first-order chi connectivity index (χ1) is 9.79. The van der Waals surface area contributed by atoms with Crippen molar-refractivity contribution in [3.8, 4) is 0 Å². The number of thioether (sulfide) groups is 1. The molecular formula is C17H18O2S. The van der Waals surface area contributed by atoms with E-state index in [0.717, 1.165) is 10.5 Å². The first-order valence-electron chi connectivity index (χ1n) is 6.70. The minimum Gasteiger partial charge on any atom is -0.395 e. The van der Waals surface area contributed by atoms with Gasteiger partial charge in [0.15, 0.2) is 5.78 Å². The van der Waals surface area contributed by atoms with Gasteiger partial charge in [-0.15, -0.1) is 11.8 Å². The van der Waals surface area contributed by atoms with E-state index in [9.17, 15) is 9.90 Å². The highest BCUT2D eigenvalue weighted by Crippen LogP contribution is 2.26. The molecule has 0 aliphatic carbocycles. The SMILES string of the molecule is O=C(CCC(CO)Sc1ccccc1)c1ccccc1. The van der Waals surface area contributed by atoms with Crippen molar-refractivity contribution in [3.63, 3.8) is 0 Å². The molecule has 104 valence electrons. The van der Waals surface area contributed by atoms with Crippen LogP contribution in [0.25, 0.3) is 0 Å². The van der Waals surface area contributed by atoms with E-state index in [2.05, 4.69) is 0 Å². The predicted octanol–water partition coefficient (Wildman–Crippen LogP) is 3.80. The Morgan fingerprint density at radius 2 is 1.60 bits per heavy atom. The van der Waals surface area contributed by atoms with Crippen LogP contribution in [-0.4, -0.2) is 22.7 Å². The number of benzene rings is 2. The van der Waals surface area contributed by atoms with E-state index in [1.807, 2.05) is 60.7 Å². The van der Waals surface area contributed by atoms with Gasteiger partial charge in [-0.25, -0.2) is 0 Å². The molecule has 0 fully saturated rings. The standard InChI is InChI=1S/C17H18O2S/c18-13-16(20-15-9-5-2-6-10-15)11-12-17(19)14-7-3-1-4-8-14/h1-10,16,18H,11-13H2. The molecule has 0 amide bonds. The molecule has 0 bridgehead atoms. The summed E-state index contributed by atoms with van der Waals surface area (Å²) in [7, 11) is 0. The Morgan fingerprint density at radius 1 is 1.00 bits per heavy atom. The van der Waals surface area contributed by atoms with Gasteiger partial charge in [0, 0.05) is 22.1 Å². The van der Waals surface area contributed by atoms with E-state index in [1.54, 1.807) is 11.8 Å². The molecule has 0 aliphatic heterocycles. The summed E-state index contributed by atoms with van der Waals surface area (Å²) in [5.41, 5.74) is 0.744. The topological polar surface area (TPSA) is 37.3 Å². The Kier molecular flexibility index (Phi) is 5.84. The molecule has 1 unspecified atom stereocenters. The minimum absolute atomic E-state index is 0.0602. The van der Waals surface area contributed by atoms with Crippen LogP contribution in [0.5, 0.6) is 0 Å². The molecular weight excluding hydrogens is 268 g/mol. The second-order valence-electron chi connectivity index (χ2n) is 4.56. The summed E-state index contributed by atoms with van der Waals surface area (Å²) in [5.74, 6) is 0.137. The first-order valence-corrected chi connectivity index (χ1v) is 7.58. The van der Waals surface area contributed by atoms with Gasteiger partial charge in [-0.1, -0.05) is 48.5 Å². The summed E-state index contributed by atoms with van der Waals surface area (Å²) < 4.78 is 0. The van der Waals surface area contributed by atoms with Gasteiger partial charge in [0.1, 0.15) is 0 Å². The van der Waals surface area contributed by atoms with Crippen molar-refractivity contribution in [1.82, 2.24) is 0 Å². The fourth-order valence-corrected chi connectivity index (χ4v) is 2.95. The van der Waals surface area contributed by atoms with E-state index < -0.39 is 0 Å². The summed E-state index contributed by atoms with van der Waals surface area (Å²) in [6, 6.07) is 19.3. The maximum absolute atomic E-state index is 12.0. The maximum Gasteiger partial charge on any atom is 0.162 e. The summed E-state index contributed by atoms with van der Waals surface area (Å²) in [6.45, 7) is 0.0850. The normalized spacial score (nSPS) is 12.1. The highest BCUT2D eigenvalue weighted by atomic mass is 32.2. The van der Waals surface area contributed by atoms with Gasteiger partial charge >= 0.3 is 0 Å². The molecule has 0 saturated heterocycles. The lowest BCUT2D eigenvalue weighted by Crippen LogP contribution is -2.11. The Bertz CT molecular complexity index is 525. The smallest absolute Gasteiger partial charge is 0.162 e. The van der Waals surface area contributed by atoms with Gasteiger partial charge in [-0.05, 0) is 18.6 Å². The second kappa shape index (κ2) is 7.88. The zero-order valence-electron chi connectivity index (χ0n) is 11.2. The molecule has 2 nitrogen and oxygen atoms in total. The lowest BCUT2D eigenvalue weighted by Gasteiger charge is -2.13. The monoisotopic (exact) mass is 286 g/mol. The Labute approximate surface area is 123 Å². The molecule has 3 heteroatoms. The van der Waals surface area contributed by atoms with Crippen molar-refractivity contribution >= 4 is 17.5 Å². The van der Waals surface area contributed by atoms with Gasteiger partial charge < -0.3 is 5.11 Å². The minimum atomic E-state index is 0.0602. The highest BCUT2D eigenvalue weighted by molar-refractivity contribution is 8.00. The summed E-state index contributed by atoms with van der Waals surface area (Å²) in [4.78, 5) is 13.2. The van der Waals surface area contributed by atoms with E-state index in [-0.39, 0.29) is 17.6 Å². The number of hydrogen-bond acceptors (Lipinski definition) is 3. The van der Waals surface area contributed by atoms with Crippen LogP contribution in [0.1, 0.15) is 23.2 Å². The average Bonchev–Trinajstić information content (AvgIpc) is 2.53. The summed E-state index contributed by atoms with van der Waals surface area (Å²) >= 11 is 1.62. The third-order valence-corrected chi connectivity index (χ3v) is 4.30. The third kappa shape index (κ3) is 4.51. The third-order valence-electron chi connectivity index (χ3n) is 3.04. The lowest BCUT2D eigenvalue weighted by atomic mass is 10.1. The van der Waals surface area contributed by atoms with Gasteiger partial charge in [0.2, 0.25) is 0 Å². The number of carbonyl (C=O) groups is 1. The van der Waals surface area contributed by atoms with Crippen LogP contribution in [0.2, 0.25) is 0 Å². The Balaban J connectivity index is 1.86. The van der Waals surface area contributed by atoms with E-state index in [1.165, 1.54) is 0 Å². The first kappa shape index (κ1) is 14.8. The van der Waals surface area contributed by atoms with Crippen LogP contribution in [0.4, 0.5) is 0 Å². The number of ketones is 1. The molecule has 0 spiro atoms. The molecule has 0 saturated carbocycles. The molecule has 2 aromatic rings. The number of Topliss-reactive ketones (excluding diaryl/α,β-unsaturated/α-hetero) is 1. The van der Waals surface area contributed by atoms with E-state index in [0.29, 0.717) is 12.8 Å². The van der Waals surface area contributed by atoms with Crippen LogP contribution >= 0.6 is 11.8 Å². The van der Waals surface area contributed by atoms with E-state index >= 15 is 0 Å². The second-order valence-corrected chi connectivity index (χ2v) is 5.94.